The highest BCUT2D eigenvalue weighted by molar-refractivity contribution is 7.21. The molecule has 0 spiro atoms. The Kier molecular flexibility index (Phi) is 3.92. The zero-order valence-corrected chi connectivity index (χ0v) is 13.3. The summed E-state index contributed by atoms with van der Waals surface area (Å²) in [5.41, 5.74) is 6.03. The van der Waals surface area contributed by atoms with Crippen LogP contribution in [0.3, 0.4) is 0 Å². The summed E-state index contributed by atoms with van der Waals surface area (Å²) in [4.78, 5) is 16.2. The Hall–Kier alpha value is -2.61. The number of rotatable bonds is 2. The molecule has 3 rings (SSSR count). The Morgan fingerprint density at radius 2 is 1.92 bits per heavy atom. The average Bonchev–Trinajstić information content (AvgIpc) is 2.85. The summed E-state index contributed by atoms with van der Waals surface area (Å²) in [7, 11) is 0. The monoisotopic (exact) mass is 351 g/mol. The standard InChI is InChI=1S/C16H12F3N3OS/c1-8-7-10(16(17,18)19)22-15-11(8)12(20)13(24-15)14(23)21-9-5-3-2-4-6-9/h2-7H,20H2,1H3,(H,21,23). The molecule has 0 saturated heterocycles. The molecule has 0 atom stereocenters. The number of amides is 1. The summed E-state index contributed by atoms with van der Waals surface area (Å²) in [5, 5.41) is 3.05. The molecule has 0 bridgehead atoms. The number of hydrogen-bond donors (Lipinski definition) is 2. The van der Waals surface area contributed by atoms with Crippen LogP contribution in [0.5, 0.6) is 0 Å². The van der Waals surface area contributed by atoms with Crippen molar-refractivity contribution >= 4 is 38.8 Å². The van der Waals surface area contributed by atoms with E-state index in [9.17, 15) is 18.0 Å². The molecule has 3 aromatic rings. The van der Waals surface area contributed by atoms with Crippen molar-refractivity contribution in [1.82, 2.24) is 4.98 Å². The number of nitrogens with one attached hydrogen (secondary N) is 1. The summed E-state index contributed by atoms with van der Waals surface area (Å²) in [6, 6.07) is 9.65. The van der Waals surface area contributed by atoms with Crippen LogP contribution in [0.2, 0.25) is 0 Å². The number of fused-ring (bicyclic) bond motifs is 1. The number of benzene rings is 1. The normalized spacial score (nSPS) is 11.7. The minimum Gasteiger partial charge on any atom is -0.397 e. The molecule has 0 fully saturated rings. The number of nitrogens with zero attached hydrogens (tertiary/aromatic N) is 1. The number of alkyl halides is 3. The van der Waals surface area contributed by atoms with Gasteiger partial charge in [-0.1, -0.05) is 18.2 Å². The zero-order valence-electron chi connectivity index (χ0n) is 12.4. The minimum atomic E-state index is -4.55. The van der Waals surface area contributed by atoms with Gasteiger partial charge in [0.15, 0.2) is 0 Å². The Labute approximate surface area is 139 Å². The van der Waals surface area contributed by atoms with Crippen LogP contribution in [0.4, 0.5) is 24.5 Å². The number of anilines is 2. The molecule has 4 nitrogen and oxygen atoms in total. The summed E-state index contributed by atoms with van der Waals surface area (Å²) < 4.78 is 38.6. The van der Waals surface area contributed by atoms with Gasteiger partial charge in [-0.2, -0.15) is 13.2 Å². The van der Waals surface area contributed by atoms with Gasteiger partial charge in [0.1, 0.15) is 15.4 Å². The smallest absolute Gasteiger partial charge is 0.397 e. The molecule has 8 heteroatoms. The molecule has 0 saturated carbocycles. The Morgan fingerprint density at radius 1 is 1.25 bits per heavy atom. The molecular weight excluding hydrogens is 339 g/mol. The van der Waals surface area contributed by atoms with E-state index in [0.717, 1.165) is 17.4 Å². The fourth-order valence-electron chi connectivity index (χ4n) is 2.33. The van der Waals surface area contributed by atoms with E-state index >= 15 is 0 Å². The number of pyridine rings is 1. The number of aryl methyl sites for hydroxylation is 1. The van der Waals surface area contributed by atoms with Crippen molar-refractivity contribution < 1.29 is 18.0 Å². The number of thiophene rings is 1. The first kappa shape index (κ1) is 16.3. The Bertz CT molecular complexity index is 920. The highest BCUT2D eigenvalue weighted by Gasteiger charge is 2.34. The third-order valence-corrected chi connectivity index (χ3v) is 4.52. The van der Waals surface area contributed by atoms with Crippen LogP contribution in [0.25, 0.3) is 10.2 Å². The third kappa shape index (κ3) is 2.92. The lowest BCUT2D eigenvalue weighted by Crippen LogP contribution is -2.11. The second-order valence-corrected chi connectivity index (χ2v) is 6.17. The van der Waals surface area contributed by atoms with E-state index in [1.807, 2.05) is 0 Å². The average molecular weight is 351 g/mol. The molecule has 1 aromatic carbocycles. The fraction of sp³-hybridized carbons (Fsp3) is 0.125. The SMILES string of the molecule is Cc1cc(C(F)(F)F)nc2sc(C(=O)Nc3ccccc3)c(N)c12. The summed E-state index contributed by atoms with van der Waals surface area (Å²) in [5.74, 6) is -0.477. The van der Waals surface area contributed by atoms with E-state index in [-0.39, 0.29) is 15.4 Å². The highest BCUT2D eigenvalue weighted by Crippen LogP contribution is 2.38. The summed E-state index contributed by atoms with van der Waals surface area (Å²) in [6.07, 6.45) is -4.55. The van der Waals surface area contributed by atoms with Crippen LogP contribution in [-0.4, -0.2) is 10.9 Å². The lowest BCUT2D eigenvalue weighted by Gasteiger charge is -2.07. The van der Waals surface area contributed by atoms with Gasteiger partial charge in [-0.15, -0.1) is 11.3 Å². The molecular formula is C16H12F3N3OS. The van der Waals surface area contributed by atoms with Crippen LogP contribution in [0.15, 0.2) is 36.4 Å². The first-order valence-electron chi connectivity index (χ1n) is 6.90. The third-order valence-electron chi connectivity index (χ3n) is 3.42. The number of aromatic nitrogens is 1. The molecule has 0 aliphatic carbocycles. The lowest BCUT2D eigenvalue weighted by molar-refractivity contribution is -0.141. The van der Waals surface area contributed by atoms with Crippen molar-refractivity contribution in [2.24, 2.45) is 0 Å². The van der Waals surface area contributed by atoms with E-state index in [4.69, 9.17) is 5.73 Å². The van der Waals surface area contributed by atoms with Gasteiger partial charge < -0.3 is 11.1 Å². The molecule has 3 N–H and O–H groups in total. The number of carbonyl (C=O) groups is 1. The first-order chi connectivity index (χ1) is 11.3. The van der Waals surface area contributed by atoms with Gasteiger partial charge in [0.25, 0.3) is 5.91 Å². The number of para-hydroxylation sites is 1. The van der Waals surface area contributed by atoms with Gasteiger partial charge in [-0.05, 0) is 30.7 Å². The van der Waals surface area contributed by atoms with Crippen molar-refractivity contribution in [3.05, 3.63) is 52.5 Å². The lowest BCUT2D eigenvalue weighted by atomic mass is 10.1. The van der Waals surface area contributed by atoms with Crippen molar-refractivity contribution in [1.29, 1.82) is 0 Å². The molecule has 0 aliphatic rings. The predicted octanol–water partition coefficient (Wildman–Crippen LogP) is 4.46. The quantitative estimate of drug-likeness (QED) is 0.716. The van der Waals surface area contributed by atoms with Crippen molar-refractivity contribution in [3.8, 4) is 0 Å². The number of halogens is 3. The highest BCUT2D eigenvalue weighted by atomic mass is 32.1. The Balaban J connectivity index is 2.05. The maximum atomic E-state index is 12.9. The van der Waals surface area contributed by atoms with Crippen LogP contribution >= 0.6 is 11.3 Å². The van der Waals surface area contributed by atoms with Gasteiger partial charge in [0.2, 0.25) is 0 Å². The fourth-order valence-corrected chi connectivity index (χ4v) is 3.40. The van der Waals surface area contributed by atoms with E-state index in [0.29, 0.717) is 16.6 Å². The van der Waals surface area contributed by atoms with Gasteiger partial charge in [0.05, 0.1) is 5.69 Å². The Morgan fingerprint density at radius 3 is 2.54 bits per heavy atom. The van der Waals surface area contributed by atoms with Crippen molar-refractivity contribution in [3.63, 3.8) is 0 Å². The predicted molar refractivity (Wildman–Crippen MR) is 88.2 cm³/mol. The minimum absolute atomic E-state index is 0.0954. The second kappa shape index (κ2) is 5.79. The van der Waals surface area contributed by atoms with E-state index < -0.39 is 17.8 Å². The number of nitrogens with two attached hydrogens (primary N) is 1. The maximum Gasteiger partial charge on any atom is 0.433 e. The summed E-state index contributed by atoms with van der Waals surface area (Å²) >= 11 is 0.848. The van der Waals surface area contributed by atoms with Gasteiger partial charge in [-0.3, -0.25) is 4.79 Å². The van der Waals surface area contributed by atoms with Crippen LogP contribution < -0.4 is 11.1 Å². The van der Waals surface area contributed by atoms with Gasteiger partial charge in [0, 0.05) is 11.1 Å². The summed E-state index contributed by atoms with van der Waals surface area (Å²) in [6.45, 7) is 1.52. The zero-order chi connectivity index (χ0) is 17.5. The van der Waals surface area contributed by atoms with Crippen LogP contribution in [0, 0.1) is 6.92 Å². The molecule has 24 heavy (non-hydrogen) atoms. The molecule has 2 heterocycles. The number of hydrogen-bond acceptors (Lipinski definition) is 4. The number of carbonyl (C=O) groups excluding carboxylic acids is 1. The topological polar surface area (TPSA) is 68.0 Å². The van der Waals surface area contributed by atoms with Crippen molar-refractivity contribution in [2.45, 2.75) is 13.1 Å². The van der Waals surface area contributed by atoms with Crippen LogP contribution in [0.1, 0.15) is 20.9 Å². The van der Waals surface area contributed by atoms with E-state index in [1.54, 1.807) is 30.3 Å². The second-order valence-electron chi connectivity index (χ2n) is 5.17. The molecule has 0 radical (unpaired) electrons. The van der Waals surface area contributed by atoms with E-state index in [2.05, 4.69) is 10.3 Å². The van der Waals surface area contributed by atoms with Crippen LogP contribution in [-0.2, 0) is 6.18 Å². The van der Waals surface area contributed by atoms with Crippen molar-refractivity contribution in [2.75, 3.05) is 11.1 Å². The number of nitrogen functional groups attached to an aromatic ring is 1. The van der Waals surface area contributed by atoms with Gasteiger partial charge in [-0.25, -0.2) is 4.98 Å². The van der Waals surface area contributed by atoms with Gasteiger partial charge >= 0.3 is 6.18 Å². The molecule has 124 valence electrons. The molecule has 0 unspecified atom stereocenters. The maximum absolute atomic E-state index is 12.9. The largest absolute Gasteiger partial charge is 0.433 e. The van der Waals surface area contributed by atoms with E-state index in [1.165, 1.54) is 6.92 Å². The molecule has 2 aromatic heterocycles. The first-order valence-corrected chi connectivity index (χ1v) is 7.72. The molecule has 1 amide bonds. The molecule has 0 aliphatic heterocycles.